The molecule has 4 rings (SSSR count). The fourth-order valence-corrected chi connectivity index (χ4v) is 3.72. The van der Waals surface area contributed by atoms with Gasteiger partial charge in [0.05, 0.1) is 31.8 Å². The highest BCUT2D eigenvalue weighted by atomic mass is 16.5. The van der Waals surface area contributed by atoms with Gasteiger partial charge in [0.15, 0.2) is 5.90 Å². The molecule has 0 unspecified atom stereocenters. The van der Waals surface area contributed by atoms with Gasteiger partial charge >= 0.3 is 0 Å². The van der Waals surface area contributed by atoms with Gasteiger partial charge in [-0.2, -0.15) is 0 Å². The summed E-state index contributed by atoms with van der Waals surface area (Å²) in [6.45, 7) is 6.19. The van der Waals surface area contributed by atoms with Gasteiger partial charge in [0.1, 0.15) is 12.4 Å². The van der Waals surface area contributed by atoms with E-state index in [9.17, 15) is 0 Å². The second kappa shape index (κ2) is 4.85. The number of hydrogen-bond donors (Lipinski definition) is 0. The Bertz CT molecular complexity index is 675. The number of benzene rings is 1. The van der Waals surface area contributed by atoms with Crippen molar-refractivity contribution in [3.8, 4) is 0 Å². The molecule has 0 radical (unpaired) electrons. The first-order valence-corrected chi connectivity index (χ1v) is 7.77. The fraction of sp³-hybridized carbons (Fsp3) is 0.500. The normalized spacial score (nSPS) is 28.8. The number of fused-ring (bicyclic) bond motifs is 2. The van der Waals surface area contributed by atoms with Crippen molar-refractivity contribution < 1.29 is 14.2 Å². The smallest absolute Gasteiger partial charge is 0.192 e. The van der Waals surface area contributed by atoms with Gasteiger partial charge in [-0.05, 0) is 19.4 Å². The average molecular weight is 299 g/mol. The first-order chi connectivity index (χ1) is 10.6. The summed E-state index contributed by atoms with van der Waals surface area (Å²) in [5.74, 6) is 2.21. The largest absolute Gasteiger partial charge is 0.496 e. The van der Waals surface area contributed by atoms with E-state index >= 15 is 0 Å². The van der Waals surface area contributed by atoms with E-state index in [0.717, 1.165) is 17.2 Å². The maximum Gasteiger partial charge on any atom is 0.192 e. The summed E-state index contributed by atoms with van der Waals surface area (Å²) in [5, 5.41) is 0. The predicted molar refractivity (Wildman–Crippen MR) is 84.9 cm³/mol. The highest BCUT2D eigenvalue weighted by Crippen LogP contribution is 2.47. The summed E-state index contributed by atoms with van der Waals surface area (Å²) in [6, 6.07) is 8.39. The van der Waals surface area contributed by atoms with E-state index in [1.165, 1.54) is 11.1 Å². The summed E-state index contributed by atoms with van der Waals surface area (Å²) in [5.41, 5.74) is 3.47. The maximum absolute atomic E-state index is 5.97. The summed E-state index contributed by atoms with van der Waals surface area (Å²) in [7, 11) is 1.74. The Balaban J connectivity index is 1.88. The van der Waals surface area contributed by atoms with Crippen LogP contribution in [0.5, 0.6) is 0 Å². The molecule has 1 saturated heterocycles. The maximum atomic E-state index is 5.97. The lowest BCUT2D eigenvalue weighted by atomic mass is 9.75. The van der Waals surface area contributed by atoms with Crippen LogP contribution >= 0.6 is 0 Å². The predicted octanol–water partition coefficient (Wildman–Crippen LogP) is 3.00. The molecular weight excluding hydrogens is 278 g/mol. The molecule has 1 aromatic rings. The third-order valence-corrected chi connectivity index (χ3v) is 4.69. The highest BCUT2D eigenvalue weighted by molar-refractivity contribution is 5.90. The van der Waals surface area contributed by atoms with Crippen LogP contribution < -0.4 is 0 Å². The molecule has 2 aliphatic heterocycles. The second-order valence-electron chi connectivity index (χ2n) is 6.80. The zero-order chi connectivity index (χ0) is 15.3. The first kappa shape index (κ1) is 13.8. The van der Waals surface area contributed by atoms with Crippen molar-refractivity contribution in [1.82, 2.24) is 0 Å². The Hall–Kier alpha value is -1.81. The molecule has 0 amide bonds. The molecule has 3 aliphatic rings. The lowest BCUT2D eigenvalue weighted by molar-refractivity contribution is 0.183. The third kappa shape index (κ3) is 1.97. The van der Waals surface area contributed by atoms with Crippen LogP contribution in [-0.2, 0) is 14.2 Å². The van der Waals surface area contributed by atoms with Crippen LogP contribution in [0.15, 0.2) is 34.8 Å². The van der Waals surface area contributed by atoms with Gasteiger partial charge in [-0.15, -0.1) is 0 Å². The average Bonchev–Trinajstić information content (AvgIpc) is 3.11. The molecule has 0 saturated carbocycles. The van der Waals surface area contributed by atoms with Crippen molar-refractivity contribution in [2.45, 2.75) is 25.3 Å². The number of rotatable bonds is 2. The summed E-state index contributed by atoms with van der Waals surface area (Å²) in [4.78, 5) is 4.83. The van der Waals surface area contributed by atoms with Crippen molar-refractivity contribution in [2.24, 2.45) is 10.9 Å². The van der Waals surface area contributed by atoms with Crippen LogP contribution in [0.4, 0.5) is 0 Å². The Kier molecular flexibility index (Phi) is 3.05. The van der Waals surface area contributed by atoms with Crippen LogP contribution in [0.2, 0.25) is 0 Å². The van der Waals surface area contributed by atoms with Crippen LogP contribution in [-0.4, -0.2) is 38.4 Å². The molecule has 4 nitrogen and oxygen atoms in total. The van der Waals surface area contributed by atoms with Crippen LogP contribution in [0.3, 0.4) is 0 Å². The molecule has 0 aromatic heterocycles. The van der Waals surface area contributed by atoms with Crippen LogP contribution in [0, 0.1) is 5.92 Å². The van der Waals surface area contributed by atoms with Crippen molar-refractivity contribution in [3.05, 3.63) is 41.0 Å². The van der Waals surface area contributed by atoms with Gasteiger partial charge in [0.25, 0.3) is 0 Å². The molecule has 0 N–H and O–H groups in total. The monoisotopic (exact) mass is 299 g/mol. The van der Waals surface area contributed by atoms with E-state index in [1.807, 2.05) is 6.07 Å². The Morgan fingerprint density at radius 3 is 2.82 bits per heavy atom. The summed E-state index contributed by atoms with van der Waals surface area (Å²) < 4.78 is 17.4. The van der Waals surface area contributed by atoms with E-state index in [4.69, 9.17) is 19.2 Å². The van der Waals surface area contributed by atoms with Gasteiger partial charge in [-0.25, -0.2) is 4.99 Å². The Morgan fingerprint density at radius 2 is 2.09 bits per heavy atom. The molecule has 0 bridgehead atoms. The molecule has 22 heavy (non-hydrogen) atoms. The molecule has 0 spiro atoms. The van der Waals surface area contributed by atoms with E-state index in [1.54, 1.807) is 7.11 Å². The van der Waals surface area contributed by atoms with Crippen molar-refractivity contribution in [1.29, 1.82) is 0 Å². The quantitative estimate of drug-likeness (QED) is 0.843. The van der Waals surface area contributed by atoms with Gasteiger partial charge < -0.3 is 14.2 Å². The van der Waals surface area contributed by atoms with Gasteiger partial charge in [-0.1, -0.05) is 24.3 Å². The van der Waals surface area contributed by atoms with Gasteiger partial charge in [0, 0.05) is 17.1 Å². The van der Waals surface area contributed by atoms with Crippen molar-refractivity contribution in [2.75, 3.05) is 26.9 Å². The minimum Gasteiger partial charge on any atom is -0.496 e. The molecule has 2 heterocycles. The summed E-state index contributed by atoms with van der Waals surface area (Å²) >= 11 is 0. The van der Waals surface area contributed by atoms with E-state index < -0.39 is 0 Å². The second-order valence-corrected chi connectivity index (χ2v) is 6.80. The van der Waals surface area contributed by atoms with E-state index in [0.29, 0.717) is 19.8 Å². The number of ether oxygens (including phenoxy) is 3. The Morgan fingerprint density at radius 1 is 1.27 bits per heavy atom. The lowest BCUT2D eigenvalue weighted by Crippen LogP contribution is -2.28. The topological polar surface area (TPSA) is 40.0 Å². The number of nitrogens with zero attached hydrogens (tertiary/aromatic N) is 1. The molecule has 4 heteroatoms. The van der Waals surface area contributed by atoms with E-state index in [2.05, 4.69) is 32.0 Å². The zero-order valence-electron chi connectivity index (χ0n) is 13.3. The van der Waals surface area contributed by atoms with Crippen molar-refractivity contribution >= 4 is 11.7 Å². The minimum atomic E-state index is -0.144. The number of methoxy groups -OCH3 is 1. The SMILES string of the molecule is COC1=C2COC[C@@H]2[C@@H](C2=NC(C)(C)CO2)c2ccccc21. The van der Waals surface area contributed by atoms with Crippen molar-refractivity contribution in [3.63, 3.8) is 0 Å². The summed E-state index contributed by atoms with van der Waals surface area (Å²) in [6.07, 6.45) is 0. The van der Waals surface area contributed by atoms with Crippen LogP contribution in [0.25, 0.3) is 5.76 Å². The number of hydrogen-bond acceptors (Lipinski definition) is 4. The molecule has 116 valence electrons. The molecule has 1 fully saturated rings. The lowest BCUT2D eigenvalue weighted by Gasteiger charge is -2.31. The molecule has 1 aliphatic carbocycles. The highest BCUT2D eigenvalue weighted by Gasteiger charge is 2.45. The fourth-order valence-electron chi connectivity index (χ4n) is 3.72. The minimum absolute atomic E-state index is 0.134. The standard InChI is InChI=1S/C18H21NO3/c1-18(2)10-22-17(19-18)15-11-6-4-5-7-12(11)16(20-3)14-9-21-8-13(14)15/h4-7,13,15H,8-10H2,1-3H3/t13-,15-/m0/s1. The van der Waals surface area contributed by atoms with Crippen LogP contribution in [0.1, 0.15) is 30.9 Å². The number of aliphatic imine (C=N–C) groups is 1. The Labute approximate surface area is 130 Å². The molecular formula is C18H21NO3. The third-order valence-electron chi connectivity index (χ3n) is 4.69. The van der Waals surface area contributed by atoms with E-state index in [-0.39, 0.29) is 17.4 Å². The van der Waals surface area contributed by atoms with Gasteiger partial charge in [0.2, 0.25) is 0 Å². The first-order valence-electron chi connectivity index (χ1n) is 7.77. The zero-order valence-corrected chi connectivity index (χ0v) is 13.3. The molecule has 1 aromatic carbocycles. The molecule has 2 atom stereocenters. The van der Waals surface area contributed by atoms with Gasteiger partial charge in [-0.3, -0.25) is 0 Å².